The fourth-order valence-electron chi connectivity index (χ4n) is 10.9. The average Bonchev–Trinajstić information content (AvgIpc) is 3.99. The Balaban J connectivity index is 1.11. The van der Waals surface area contributed by atoms with Gasteiger partial charge in [0.05, 0.1) is 22.2 Å². The first-order valence-electron chi connectivity index (χ1n) is 21.8. The third-order valence-corrected chi connectivity index (χ3v) is 13.5. The first-order chi connectivity index (χ1) is 31.3. The lowest BCUT2D eigenvalue weighted by Gasteiger charge is -2.33. The zero-order valence-corrected chi connectivity index (χ0v) is 34.4. The highest BCUT2D eigenvalue weighted by atomic mass is 16.3. The number of hydrogen-bond donors (Lipinski definition) is 0. The van der Waals surface area contributed by atoms with Crippen LogP contribution in [0.25, 0.3) is 77.6 Å². The van der Waals surface area contributed by atoms with Gasteiger partial charge in [-0.15, -0.1) is 0 Å². The van der Waals surface area contributed by atoms with Crippen LogP contribution in [0.1, 0.15) is 22.3 Å². The van der Waals surface area contributed by atoms with Crippen LogP contribution in [0.3, 0.4) is 0 Å². The monoisotopic (exact) mass is 801 g/mol. The lowest BCUT2D eigenvalue weighted by Crippen LogP contribution is -2.26. The fourth-order valence-corrected chi connectivity index (χ4v) is 10.9. The minimum Gasteiger partial charge on any atom is -0.456 e. The summed E-state index contributed by atoms with van der Waals surface area (Å²) in [7, 11) is 0. The third kappa shape index (κ3) is 5.19. The van der Waals surface area contributed by atoms with Crippen molar-refractivity contribution in [2.45, 2.75) is 5.41 Å². The molecule has 0 unspecified atom stereocenters. The second kappa shape index (κ2) is 13.9. The molecule has 0 saturated carbocycles. The highest BCUT2D eigenvalue weighted by Gasteiger charge is 2.51. The maximum atomic E-state index is 6.61. The van der Waals surface area contributed by atoms with Crippen molar-refractivity contribution < 1.29 is 4.42 Å². The molecule has 1 aromatic heterocycles. The second-order valence-electron chi connectivity index (χ2n) is 16.7. The molecule has 2 aliphatic carbocycles. The molecular formula is C61H39NO. The van der Waals surface area contributed by atoms with Gasteiger partial charge < -0.3 is 9.32 Å². The zero-order chi connectivity index (χ0) is 41.5. The largest absolute Gasteiger partial charge is 0.456 e. The molecule has 0 aliphatic heterocycles. The maximum Gasteiger partial charge on any atom is 0.137 e. The SMILES string of the molecule is c1ccc(-c2ccccc2-c2ccc(N(c3ccc4c(c3)C3(c5ccccc5-c5ccccc53)c3ccccc3-4)c3cccc4oc5ccccc5c34)c(-c3ccccc3)c2)cc1. The predicted octanol–water partition coefficient (Wildman–Crippen LogP) is 16.4. The van der Waals surface area contributed by atoms with E-state index in [0.717, 1.165) is 55.7 Å². The molecule has 2 heteroatoms. The molecule has 1 spiro atoms. The standard InChI is InChI=1S/C61H39NO/c1-3-18-40(19-4-1)44-22-7-8-23-45(44)42-34-37-56(51(38-42)41-20-5-2-6-21-41)62(57-31-17-33-59-60(57)50-27-12-16-32-58(50)63-59)43-35-36-49-48-26-11-15-30-54(48)61(55(49)39-43)52-28-13-9-24-46(52)47-25-10-14-29-53(47)61/h1-39H. The molecule has 63 heavy (non-hydrogen) atoms. The summed E-state index contributed by atoms with van der Waals surface area (Å²) < 4.78 is 6.61. The number of furan rings is 1. The van der Waals surface area contributed by atoms with E-state index < -0.39 is 5.41 Å². The van der Waals surface area contributed by atoms with Crippen molar-refractivity contribution in [3.8, 4) is 55.6 Å². The molecule has 13 rings (SSSR count). The highest BCUT2D eigenvalue weighted by Crippen LogP contribution is 2.63. The molecule has 11 aromatic rings. The van der Waals surface area contributed by atoms with Crippen molar-refractivity contribution in [1.29, 1.82) is 0 Å². The van der Waals surface area contributed by atoms with E-state index in [4.69, 9.17) is 4.42 Å². The van der Waals surface area contributed by atoms with E-state index in [-0.39, 0.29) is 0 Å². The summed E-state index contributed by atoms with van der Waals surface area (Å²) in [4.78, 5) is 2.49. The van der Waals surface area contributed by atoms with Gasteiger partial charge >= 0.3 is 0 Å². The summed E-state index contributed by atoms with van der Waals surface area (Å²) in [6.07, 6.45) is 0. The molecule has 2 aliphatic rings. The molecule has 0 radical (unpaired) electrons. The number of hydrogen-bond acceptors (Lipinski definition) is 2. The lowest BCUT2D eigenvalue weighted by atomic mass is 9.70. The molecule has 10 aromatic carbocycles. The molecule has 0 bridgehead atoms. The Morgan fingerprint density at radius 3 is 1.46 bits per heavy atom. The van der Waals surface area contributed by atoms with Crippen molar-refractivity contribution >= 4 is 39.0 Å². The van der Waals surface area contributed by atoms with Gasteiger partial charge in [0.2, 0.25) is 0 Å². The van der Waals surface area contributed by atoms with Gasteiger partial charge in [0, 0.05) is 16.6 Å². The smallest absolute Gasteiger partial charge is 0.137 e. The number of rotatable bonds is 6. The van der Waals surface area contributed by atoms with Crippen LogP contribution in [0.4, 0.5) is 17.1 Å². The first-order valence-corrected chi connectivity index (χ1v) is 21.8. The Morgan fingerprint density at radius 2 is 0.810 bits per heavy atom. The van der Waals surface area contributed by atoms with E-state index in [1.807, 2.05) is 0 Å². The molecule has 0 saturated heterocycles. The van der Waals surface area contributed by atoms with Crippen LogP contribution in [0.2, 0.25) is 0 Å². The van der Waals surface area contributed by atoms with Gasteiger partial charge in [-0.2, -0.15) is 0 Å². The summed E-state index contributed by atoms with van der Waals surface area (Å²) in [5.41, 5.74) is 21.9. The van der Waals surface area contributed by atoms with Crippen LogP contribution in [0, 0.1) is 0 Å². The summed E-state index contributed by atoms with van der Waals surface area (Å²) in [6.45, 7) is 0. The van der Waals surface area contributed by atoms with E-state index in [1.165, 1.54) is 61.2 Å². The molecule has 294 valence electrons. The Hall–Kier alpha value is -8.20. The summed E-state index contributed by atoms with van der Waals surface area (Å²) in [5.74, 6) is 0. The number of para-hydroxylation sites is 1. The van der Waals surface area contributed by atoms with Crippen LogP contribution in [0.5, 0.6) is 0 Å². The molecule has 0 atom stereocenters. The normalized spacial score (nSPS) is 12.9. The van der Waals surface area contributed by atoms with Gasteiger partial charge in [-0.25, -0.2) is 0 Å². The molecule has 0 N–H and O–H groups in total. The Kier molecular flexibility index (Phi) is 7.85. The second-order valence-corrected chi connectivity index (χ2v) is 16.7. The lowest BCUT2D eigenvalue weighted by molar-refractivity contribution is 0.669. The minimum absolute atomic E-state index is 0.484. The van der Waals surface area contributed by atoms with E-state index >= 15 is 0 Å². The zero-order valence-electron chi connectivity index (χ0n) is 34.4. The van der Waals surface area contributed by atoms with Crippen LogP contribution < -0.4 is 4.90 Å². The average molecular weight is 802 g/mol. The van der Waals surface area contributed by atoms with Gasteiger partial charge in [-0.1, -0.05) is 194 Å². The summed E-state index contributed by atoms with van der Waals surface area (Å²) in [5, 5.41) is 2.17. The van der Waals surface area contributed by atoms with Gasteiger partial charge in [0.25, 0.3) is 0 Å². The van der Waals surface area contributed by atoms with Gasteiger partial charge in [0.15, 0.2) is 0 Å². The predicted molar refractivity (Wildman–Crippen MR) is 261 cm³/mol. The van der Waals surface area contributed by atoms with E-state index in [1.54, 1.807) is 0 Å². The van der Waals surface area contributed by atoms with Gasteiger partial charge in [-0.3, -0.25) is 0 Å². The molecule has 0 fully saturated rings. The van der Waals surface area contributed by atoms with Crippen molar-refractivity contribution in [2.75, 3.05) is 4.90 Å². The van der Waals surface area contributed by atoms with Gasteiger partial charge in [0.1, 0.15) is 11.2 Å². The van der Waals surface area contributed by atoms with E-state index in [2.05, 4.69) is 241 Å². The topological polar surface area (TPSA) is 16.4 Å². The maximum absolute atomic E-state index is 6.61. The number of anilines is 3. The van der Waals surface area contributed by atoms with Crippen LogP contribution in [-0.2, 0) is 5.41 Å². The van der Waals surface area contributed by atoms with Crippen LogP contribution >= 0.6 is 0 Å². The molecular weight excluding hydrogens is 763 g/mol. The Labute approximate surface area is 366 Å². The van der Waals surface area contributed by atoms with Crippen molar-refractivity contribution in [3.05, 3.63) is 259 Å². The van der Waals surface area contributed by atoms with Gasteiger partial charge in [-0.05, 0) is 115 Å². The summed E-state index contributed by atoms with van der Waals surface area (Å²) in [6, 6.07) is 86.6. The fraction of sp³-hybridized carbons (Fsp3) is 0.0164. The van der Waals surface area contributed by atoms with Crippen molar-refractivity contribution in [1.82, 2.24) is 0 Å². The number of benzene rings is 10. The minimum atomic E-state index is -0.484. The van der Waals surface area contributed by atoms with E-state index in [9.17, 15) is 0 Å². The quantitative estimate of drug-likeness (QED) is 0.167. The molecule has 2 nitrogen and oxygen atoms in total. The summed E-state index contributed by atoms with van der Waals surface area (Å²) >= 11 is 0. The van der Waals surface area contributed by atoms with Crippen LogP contribution in [0.15, 0.2) is 241 Å². The van der Waals surface area contributed by atoms with Crippen LogP contribution in [-0.4, -0.2) is 0 Å². The van der Waals surface area contributed by atoms with E-state index in [0.29, 0.717) is 0 Å². The first kappa shape index (κ1) is 35.5. The molecule has 0 amide bonds. The number of fused-ring (bicyclic) bond motifs is 13. The van der Waals surface area contributed by atoms with Crippen molar-refractivity contribution in [2.24, 2.45) is 0 Å². The Morgan fingerprint density at radius 1 is 0.302 bits per heavy atom. The molecule has 1 heterocycles. The van der Waals surface area contributed by atoms with Crippen molar-refractivity contribution in [3.63, 3.8) is 0 Å². The Bertz CT molecular complexity index is 3520. The highest BCUT2D eigenvalue weighted by molar-refractivity contribution is 6.14. The number of nitrogens with zero attached hydrogens (tertiary/aromatic N) is 1. The third-order valence-electron chi connectivity index (χ3n) is 13.5.